The Bertz CT molecular complexity index is 1280. The maximum absolute atomic E-state index is 13.0. The van der Waals surface area contributed by atoms with Crippen LogP contribution in [0.15, 0.2) is 30.5 Å². The molecule has 0 radical (unpaired) electrons. The second-order valence-electron chi connectivity index (χ2n) is 10.3. The van der Waals surface area contributed by atoms with E-state index in [1.54, 1.807) is 37.4 Å². The van der Waals surface area contributed by atoms with Gasteiger partial charge < -0.3 is 20.5 Å². The molecule has 1 aliphatic rings. The SMILES string of the molecule is Cc1cnc(C(=O)Nc2cccc(-c3nnnn3[C@H](C)CO)n2)cc1C1CC(NC(=O)OC(C)(C)C)C1. The number of ether oxygens (including phenoxy) is 1. The average Bonchev–Trinajstić information content (AvgIpc) is 3.30. The lowest BCUT2D eigenvalue weighted by Gasteiger charge is -2.37. The Morgan fingerprint density at radius 1 is 1.27 bits per heavy atom. The number of amides is 2. The molecule has 3 heterocycles. The minimum Gasteiger partial charge on any atom is -0.444 e. The first-order valence-electron chi connectivity index (χ1n) is 12.2. The van der Waals surface area contributed by atoms with Crippen molar-refractivity contribution in [2.75, 3.05) is 11.9 Å². The maximum atomic E-state index is 13.0. The average molecular weight is 509 g/mol. The predicted molar refractivity (Wildman–Crippen MR) is 135 cm³/mol. The minimum atomic E-state index is -0.544. The van der Waals surface area contributed by atoms with Crippen molar-refractivity contribution in [3.8, 4) is 11.5 Å². The topological polar surface area (TPSA) is 157 Å². The summed E-state index contributed by atoms with van der Waals surface area (Å²) in [4.78, 5) is 33.8. The summed E-state index contributed by atoms with van der Waals surface area (Å²) in [7, 11) is 0. The van der Waals surface area contributed by atoms with Gasteiger partial charge in [0.2, 0.25) is 5.82 Å². The Labute approximate surface area is 214 Å². The van der Waals surface area contributed by atoms with Crippen LogP contribution in [-0.2, 0) is 4.74 Å². The first-order valence-corrected chi connectivity index (χ1v) is 12.2. The summed E-state index contributed by atoms with van der Waals surface area (Å²) in [6.45, 7) is 9.10. The van der Waals surface area contributed by atoms with Gasteiger partial charge in [0.25, 0.3) is 5.91 Å². The van der Waals surface area contributed by atoms with Gasteiger partial charge in [0, 0.05) is 12.2 Å². The second-order valence-corrected chi connectivity index (χ2v) is 10.3. The van der Waals surface area contributed by atoms with Crippen LogP contribution in [0.1, 0.15) is 74.1 Å². The van der Waals surface area contributed by atoms with Crippen molar-refractivity contribution < 1.29 is 19.4 Å². The molecule has 0 spiro atoms. The van der Waals surface area contributed by atoms with Crippen LogP contribution >= 0.6 is 0 Å². The fraction of sp³-hybridized carbons (Fsp3) is 0.480. The number of aromatic nitrogens is 6. The molecule has 1 saturated carbocycles. The van der Waals surface area contributed by atoms with Gasteiger partial charge in [-0.1, -0.05) is 6.07 Å². The summed E-state index contributed by atoms with van der Waals surface area (Å²) in [6, 6.07) is 6.63. The van der Waals surface area contributed by atoms with Crippen LogP contribution in [0.3, 0.4) is 0 Å². The Morgan fingerprint density at radius 2 is 2.03 bits per heavy atom. The van der Waals surface area contributed by atoms with Gasteiger partial charge in [-0.3, -0.25) is 9.78 Å². The van der Waals surface area contributed by atoms with Crippen LogP contribution in [0.5, 0.6) is 0 Å². The number of nitrogens with one attached hydrogen (secondary N) is 2. The van der Waals surface area contributed by atoms with E-state index in [0.29, 0.717) is 17.3 Å². The van der Waals surface area contributed by atoms with Gasteiger partial charge in [0.1, 0.15) is 22.8 Å². The zero-order valence-corrected chi connectivity index (χ0v) is 21.6. The van der Waals surface area contributed by atoms with Crippen LogP contribution in [0.2, 0.25) is 0 Å². The van der Waals surface area contributed by atoms with Gasteiger partial charge in [-0.25, -0.2) is 14.5 Å². The molecular formula is C25H32N8O4. The van der Waals surface area contributed by atoms with Gasteiger partial charge in [0.05, 0.1) is 12.6 Å². The third-order valence-electron chi connectivity index (χ3n) is 6.07. The Kier molecular flexibility index (Phi) is 7.48. The highest BCUT2D eigenvalue weighted by atomic mass is 16.6. The van der Waals surface area contributed by atoms with E-state index < -0.39 is 17.6 Å². The number of aliphatic hydroxyl groups is 1. The zero-order valence-electron chi connectivity index (χ0n) is 21.6. The smallest absolute Gasteiger partial charge is 0.407 e. The highest BCUT2D eigenvalue weighted by Crippen LogP contribution is 2.38. The molecule has 4 rings (SSSR count). The number of rotatable bonds is 7. The second kappa shape index (κ2) is 10.6. The zero-order chi connectivity index (χ0) is 26.7. The van der Waals surface area contributed by atoms with Crippen molar-refractivity contribution in [3.63, 3.8) is 0 Å². The third kappa shape index (κ3) is 6.26. The van der Waals surface area contributed by atoms with E-state index in [1.165, 1.54) is 4.68 Å². The summed E-state index contributed by atoms with van der Waals surface area (Å²) >= 11 is 0. The van der Waals surface area contributed by atoms with Crippen molar-refractivity contribution in [3.05, 3.63) is 47.3 Å². The van der Waals surface area contributed by atoms with Crippen molar-refractivity contribution in [1.29, 1.82) is 0 Å². The van der Waals surface area contributed by atoms with Crippen LogP contribution in [0, 0.1) is 6.92 Å². The molecule has 0 bridgehead atoms. The molecule has 0 aromatic carbocycles. The molecule has 37 heavy (non-hydrogen) atoms. The van der Waals surface area contributed by atoms with Crippen LogP contribution < -0.4 is 10.6 Å². The molecule has 3 N–H and O–H groups in total. The summed E-state index contributed by atoms with van der Waals surface area (Å²) in [6.07, 6.45) is 2.79. The molecule has 0 saturated heterocycles. The van der Waals surface area contributed by atoms with Gasteiger partial charge in [-0.05, 0) is 93.1 Å². The molecular weight excluding hydrogens is 476 g/mol. The molecule has 1 atom stereocenters. The number of carbonyl (C=O) groups is 2. The van der Waals surface area contributed by atoms with Crippen molar-refractivity contribution >= 4 is 17.8 Å². The van der Waals surface area contributed by atoms with Crippen molar-refractivity contribution in [2.45, 2.75) is 71.1 Å². The molecule has 0 aliphatic heterocycles. The van der Waals surface area contributed by atoms with Crippen molar-refractivity contribution in [2.24, 2.45) is 0 Å². The monoisotopic (exact) mass is 508 g/mol. The Morgan fingerprint density at radius 3 is 2.73 bits per heavy atom. The van der Waals surface area contributed by atoms with E-state index in [0.717, 1.165) is 24.0 Å². The number of hydrogen-bond acceptors (Lipinski definition) is 9. The van der Waals surface area contributed by atoms with Gasteiger partial charge in [-0.15, -0.1) is 5.10 Å². The highest BCUT2D eigenvalue weighted by molar-refractivity contribution is 6.02. The summed E-state index contributed by atoms with van der Waals surface area (Å²) in [5.41, 5.74) is 2.20. The molecule has 1 aliphatic carbocycles. The fourth-order valence-corrected chi connectivity index (χ4v) is 4.11. The molecule has 3 aromatic heterocycles. The lowest BCUT2D eigenvalue weighted by Crippen LogP contribution is -2.45. The van der Waals surface area contributed by atoms with E-state index in [1.807, 2.05) is 27.7 Å². The number of alkyl carbamates (subject to hydrolysis) is 1. The number of anilines is 1. The largest absolute Gasteiger partial charge is 0.444 e. The fourth-order valence-electron chi connectivity index (χ4n) is 4.11. The summed E-state index contributed by atoms with van der Waals surface area (Å²) in [5.74, 6) is 0.524. The summed E-state index contributed by atoms with van der Waals surface area (Å²) < 4.78 is 6.81. The number of tetrazole rings is 1. The highest BCUT2D eigenvalue weighted by Gasteiger charge is 2.34. The number of aliphatic hydroxyl groups excluding tert-OH is 1. The molecule has 1 fully saturated rings. The Hall–Kier alpha value is -3.93. The first-order chi connectivity index (χ1) is 17.5. The van der Waals surface area contributed by atoms with E-state index >= 15 is 0 Å². The number of nitrogens with zero attached hydrogens (tertiary/aromatic N) is 6. The molecule has 2 amide bonds. The van der Waals surface area contributed by atoms with Crippen molar-refractivity contribution in [1.82, 2.24) is 35.5 Å². The lowest BCUT2D eigenvalue weighted by molar-refractivity contribution is 0.0471. The van der Waals surface area contributed by atoms with Crippen LogP contribution in [0.25, 0.3) is 11.5 Å². The number of pyridine rings is 2. The predicted octanol–water partition coefficient (Wildman–Crippen LogP) is 3.01. The molecule has 196 valence electrons. The summed E-state index contributed by atoms with van der Waals surface area (Å²) in [5, 5.41) is 26.7. The quantitative estimate of drug-likeness (QED) is 0.436. The molecule has 3 aromatic rings. The minimum absolute atomic E-state index is 0.0294. The van der Waals surface area contributed by atoms with E-state index in [9.17, 15) is 14.7 Å². The molecule has 12 nitrogen and oxygen atoms in total. The maximum Gasteiger partial charge on any atom is 0.407 e. The molecule has 12 heteroatoms. The van der Waals surface area contributed by atoms with Gasteiger partial charge in [-0.2, -0.15) is 0 Å². The number of aryl methyl sites for hydroxylation is 1. The Balaban J connectivity index is 1.42. The normalized spacial score (nSPS) is 18.0. The standard InChI is InChI=1S/C25H32N8O4/c1-14-12-26-20(11-18(14)16-9-17(10-16)27-24(36)37-25(3,4)5)23(35)29-21-8-6-7-19(28-21)22-30-31-32-33(22)15(2)13-34/h6-8,11-12,15-17,34H,9-10,13H2,1-5H3,(H,27,36)(H,28,29,35)/t15-,16?,17?/m1/s1. The van der Waals surface area contributed by atoms with Crippen LogP contribution in [-0.4, -0.2) is 65.5 Å². The lowest BCUT2D eigenvalue weighted by atomic mass is 9.75. The number of hydrogen-bond donors (Lipinski definition) is 3. The van der Waals surface area contributed by atoms with Crippen LogP contribution in [0.4, 0.5) is 10.6 Å². The van der Waals surface area contributed by atoms with E-state index in [4.69, 9.17) is 4.74 Å². The first kappa shape index (κ1) is 26.1. The third-order valence-corrected chi connectivity index (χ3v) is 6.07. The van der Waals surface area contributed by atoms with E-state index in [2.05, 4.69) is 36.1 Å². The van der Waals surface area contributed by atoms with E-state index in [-0.39, 0.29) is 30.3 Å². The number of carbonyl (C=O) groups excluding carboxylic acids is 2. The van der Waals surface area contributed by atoms with Gasteiger partial charge in [0.15, 0.2) is 0 Å². The van der Waals surface area contributed by atoms with Gasteiger partial charge >= 0.3 is 6.09 Å². The molecule has 0 unspecified atom stereocenters.